The van der Waals surface area contributed by atoms with Gasteiger partial charge in [-0.1, -0.05) is 0 Å². The lowest BCUT2D eigenvalue weighted by atomic mass is 9.96. The molecular formula is C14H16O15. The zero-order valence-corrected chi connectivity index (χ0v) is 14.4. The molecule has 0 heterocycles. The molecular weight excluding hydrogens is 408 g/mol. The molecule has 0 aromatic heterocycles. The normalized spacial score (nSPS) is 14.6. The summed E-state index contributed by atoms with van der Waals surface area (Å²) in [7, 11) is 0. The lowest BCUT2D eigenvalue weighted by molar-refractivity contribution is -0.178. The van der Waals surface area contributed by atoms with Crippen molar-refractivity contribution in [2.75, 3.05) is 6.61 Å². The Balaban J connectivity index is 4.75. The largest absolute Gasteiger partial charge is 0.481 e. The summed E-state index contributed by atoms with van der Waals surface area (Å²) in [6.07, 6.45) is -5.56. The Labute approximate surface area is 160 Å². The predicted octanol–water partition coefficient (Wildman–Crippen LogP) is -3.04. The molecule has 2 atom stereocenters. The SMILES string of the molecule is O=C(O)CC(O)(CC(=O)OCC(=O)OC(=O)CC(O)(CC(=O)O)C(=O)O)C(=O)O. The molecule has 15 nitrogen and oxygen atoms in total. The van der Waals surface area contributed by atoms with Gasteiger partial charge in [-0.05, 0) is 0 Å². The Morgan fingerprint density at radius 3 is 1.31 bits per heavy atom. The monoisotopic (exact) mass is 424 g/mol. The molecule has 0 aliphatic heterocycles. The molecule has 0 fully saturated rings. The zero-order chi connectivity index (χ0) is 23.0. The van der Waals surface area contributed by atoms with Crippen LogP contribution in [0.1, 0.15) is 25.7 Å². The molecule has 2 unspecified atom stereocenters. The minimum atomic E-state index is -3.07. The number of carboxylic acids is 4. The van der Waals surface area contributed by atoms with E-state index < -0.39 is 85.3 Å². The van der Waals surface area contributed by atoms with E-state index in [1.807, 2.05) is 0 Å². The van der Waals surface area contributed by atoms with Crippen LogP contribution in [0.25, 0.3) is 0 Å². The van der Waals surface area contributed by atoms with Crippen LogP contribution in [0.5, 0.6) is 0 Å². The highest BCUT2D eigenvalue weighted by atomic mass is 16.6. The zero-order valence-electron chi connectivity index (χ0n) is 14.4. The first-order valence-corrected chi connectivity index (χ1v) is 7.35. The molecule has 0 radical (unpaired) electrons. The summed E-state index contributed by atoms with van der Waals surface area (Å²) in [5.41, 5.74) is -6.11. The maximum Gasteiger partial charge on any atom is 0.351 e. The third kappa shape index (κ3) is 8.76. The Morgan fingerprint density at radius 2 is 0.966 bits per heavy atom. The van der Waals surface area contributed by atoms with Gasteiger partial charge in [-0.3, -0.25) is 19.2 Å². The first kappa shape index (κ1) is 25.4. The smallest absolute Gasteiger partial charge is 0.351 e. The molecule has 0 aromatic carbocycles. The van der Waals surface area contributed by atoms with Gasteiger partial charge in [-0.15, -0.1) is 0 Å². The van der Waals surface area contributed by atoms with Gasteiger partial charge in [0.2, 0.25) is 0 Å². The highest BCUT2D eigenvalue weighted by Gasteiger charge is 2.43. The van der Waals surface area contributed by atoms with Gasteiger partial charge in [-0.2, -0.15) is 0 Å². The van der Waals surface area contributed by atoms with Crippen LogP contribution in [0.15, 0.2) is 0 Å². The molecule has 0 rings (SSSR count). The van der Waals surface area contributed by atoms with Gasteiger partial charge < -0.3 is 40.1 Å². The molecule has 162 valence electrons. The van der Waals surface area contributed by atoms with Crippen molar-refractivity contribution in [2.45, 2.75) is 36.9 Å². The summed E-state index contributed by atoms with van der Waals surface area (Å²) in [4.78, 5) is 77.1. The van der Waals surface area contributed by atoms with E-state index in [2.05, 4.69) is 9.47 Å². The van der Waals surface area contributed by atoms with Crippen LogP contribution in [-0.2, 0) is 43.0 Å². The topological polar surface area (TPSA) is 259 Å². The third-order valence-electron chi connectivity index (χ3n) is 3.14. The molecule has 0 aliphatic rings. The maximum absolute atomic E-state index is 11.5. The van der Waals surface area contributed by atoms with Crippen molar-refractivity contribution in [3.8, 4) is 0 Å². The lowest BCUT2D eigenvalue weighted by Crippen LogP contribution is -2.44. The molecule has 29 heavy (non-hydrogen) atoms. The van der Waals surface area contributed by atoms with Gasteiger partial charge >= 0.3 is 41.8 Å². The van der Waals surface area contributed by atoms with E-state index >= 15 is 0 Å². The van der Waals surface area contributed by atoms with Crippen LogP contribution in [0.4, 0.5) is 0 Å². The Hall–Kier alpha value is -3.59. The highest BCUT2D eigenvalue weighted by Crippen LogP contribution is 2.18. The highest BCUT2D eigenvalue weighted by molar-refractivity contribution is 5.93. The van der Waals surface area contributed by atoms with Gasteiger partial charge in [0.25, 0.3) is 0 Å². The Morgan fingerprint density at radius 1 is 0.586 bits per heavy atom. The van der Waals surface area contributed by atoms with E-state index in [1.54, 1.807) is 0 Å². The quantitative estimate of drug-likeness (QED) is 0.134. The maximum atomic E-state index is 11.5. The van der Waals surface area contributed by atoms with E-state index in [0.29, 0.717) is 0 Å². The van der Waals surface area contributed by atoms with Crippen molar-refractivity contribution in [1.82, 2.24) is 0 Å². The number of hydrogen-bond donors (Lipinski definition) is 6. The van der Waals surface area contributed by atoms with Crippen molar-refractivity contribution >= 4 is 41.8 Å². The van der Waals surface area contributed by atoms with Crippen LogP contribution in [0.3, 0.4) is 0 Å². The van der Waals surface area contributed by atoms with Crippen molar-refractivity contribution in [1.29, 1.82) is 0 Å². The number of esters is 3. The fourth-order valence-corrected chi connectivity index (χ4v) is 1.79. The number of carboxylic acid groups (broad SMARTS) is 4. The fourth-order valence-electron chi connectivity index (χ4n) is 1.79. The standard InChI is InChI=1S/C14H16O15/c15-6(16)1-13(26,11(22)23)3-8(19)28-5-10(21)29-9(20)4-14(27,12(24)25)2-7(17)18/h26-27H,1-5H2,(H,15,16)(H,17,18)(H,22,23)(H,24,25). The number of carbonyl (C=O) groups excluding carboxylic acids is 3. The van der Waals surface area contributed by atoms with Gasteiger partial charge in [-0.25, -0.2) is 14.4 Å². The molecule has 6 N–H and O–H groups in total. The van der Waals surface area contributed by atoms with E-state index in [0.717, 1.165) is 0 Å². The molecule has 0 bridgehead atoms. The summed E-state index contributed by atoms with van der Waals surface area (Å²) in [6, 6.07) is 0. The van der Waals surface area contributed by atoms with E-state index in [4.69, 9.17) is 20.4 Å². The first-order valence-electron chi connectivity index (χ1n) is 7.35. The second-order valence-corrected chi connectivity index (χ2v) is 5.67. The van der Waals surface area contributed by atoms with Crippen LogP contribution in [0.2, 0.25) is 0 Å². The van der Waals surface area contributed by atoms with Crippen molar-refractivity contribution in [3.05, 3.63) is 0 Å². The van der Waals surface area contributed by atoms with Gasteiger partial charge in [0, 0.05) is 0 Å². The lowest BCUT2D eigenvalue weighted by Gasteiger charge is -2.20. The number of carbonyl (C=O) groups is 7. The number of aliphatic hydroxyl groups is 2. The fraction of sp³-hybridized carbons (Fsp3) is 0.500. The molecule has 0 amide bonds. The average molecular weight is 424 g/mol. The van der Waals surface area contributed by atoms with Gasteiger partial charge in [0.05, 0.1) is 25.7 Å². The van der Waals surface area contributed by atoms with Crippen LogP contribution in [0, 0.1) is 0 Å². The second kappa shape index (κ2) is 10.1. The van der Waals surface area contributed by atoms with Gasteiger partial charge in [0.1, 0.15) is 0 Å². The number of ether oxygens (including phenoxy) is 2. The van der Waals surface area contributed by atoms with E-state index in [1.165, 1.54) is 0 Å². The van der Waals surface area contributed by atoms with E-state index in [-0.39, 0.29) is 0 Å². The number of hydrogen-bond acceptors (Lipinski definition) is 11. The molecule has 0 saturated heterocycles. The summed E-state index contributed by atoms with van der Waals surface area (Å²) in [5.74, 6) is -12.5. The minimum absolute atomic E-state index is 1.32. The van der Waals surface area contributed by atoms with Crippen LogP contribution < -0.4 is 0 Å². The van der Waals surface area contributed by atoms with Crippen molar-refractivity contribution < 1.29 is 73.7 Å². The minimum Gasteiger partial charge on any atom is -0.481 e. The van der Waals surface area contributed by atoms with Crippen molar-refractivity contribution in [3.63, 3.8) is 0 Å². The number of rotatable bonds is 12. The molecule has 0 aliphatic carbocycles. The summed E-state index contributed by atoms with van der Waals surface area (Å²) in [6.45, 7) is -1.32. The van der Waals surface area contributed by atoms with Crippen LogP contribution in [-0.4, -0.2) is 90.2 Å². The summed E-state index contributed by atoms with van der Waals surface area (Å²) < 4.78 is 8.25. The second-order valence-electron chi connectivity index (χ2n) is 5.67. The van der Waals surface area contributed by atoms with E-state index in [9.17, 15) is 43.8 Å². The first-order chi connectivity index (χ1) is 13.1. The Bertz CT molecular complexity index is 725. The Kier molecular flexibility index (Phi) is 8.84. The van der Waals surface area contributed by atoms with Crippen LogP contribution >= 0.6 is 0 Å². The molecule has 0 spiro atoms. The van der Waals surface area contributed by atoms with Crippen molar-refractivity contribution in [2.24, 2.45) is 0 Å². The average Bonchev–Trinajstić information content (AvgIpc) is 2.50. The number of aliphatic carboxylic acids is 4. The summed E-state index contributed by atoms with van der Waals surface area (Å²) in [5, 5.41) is 53.8. The molecule has 0 aromatic rings. The summed E-state index contributed by atoms with van der Waals surface area (Å²) >= 11 is 0. The molecule has 0 saturated carbocycles. The molecule has 15 heteroatoms. The predicted molar refractivity (Wildman–Crippen MR) is 81.0 cm³/mol. The third-order valence-corrected chi connectivity index (χ3v) is 3.14. The van der Waals surface area contributed by atoms with Gasteiger partial charge in [0.15, 0.2) is 17.8 Å².